The average Bonchev–Trinajstić information content (AvgIpc) is 2.83. The van der Waals surface area contributed by atoms with Crippen molar-refractivity contribution >= 4 is 5.69 Å². The zero-order valence-electron chi connectivity index (χ0n) is 12.0. The van der Waals surface area contributed by atoms with Gasteiger partial charge in [0.05, 0.1) is 6.54 Å². The van der Waals surface area contributed by atoms with Crippen LogP contribution in [-0.2, 0) is 19.4 Å². The van der Waals surface area contributed by atoms with Gasteiger partial charge in [0.1, 0.15) is 5.82 Å². The molecule has 0 atom stereocenters. The molecule has 0 saturated heterocycles. The predicted octanol–water partition coefficient (Wildman–Crippen LogP) is 2.82. The molecule has 4 nitrogen and oxygen atoms in total. The summed E-state index contributed by atoms with van der Waals surface area (Å²) in [4.78, 5) is 4.51. The minimum atomic E-state index is 0.852. The second kappa shape index (κ2) is 6.36. The van der Waals surface area contributed by atoms with E-state index in [1.807, 2.05) is 4.68 Å². The third-order valence-electron chi connectivity index (χ3n) is 3.21. The smallest absolute Gasteiger partial charge is 0.150 e. The second-order valence-corrected chi connectivity index (χ2v) is 4.62. The zero-order chi connectivity index (χ0) is 13.7. The van der Waals surface area contributed by atoms with Crippen LogP contribution in [0.25, 0.3) is 0 Å². The number of hydrogen-bond donors (Lipinski definition) is 1. The van der Waals surface area contributed by atoms with Gasteiger partial charge in [-0.2, -0.15) is 5.10 Å². The van der Waals surface area contributed by atoms with Crippen LogP contribution >= 0.6 is 0 Å². The number of aromatic nitrogens is 3. The van der Waals surface area contributed by atoms with Gasteiger partial charge in [0.2, 0.25) is 0 Å². The Kier molecular flexibility index (Phi) is 4.55. The van der Waals surface area contributed by atoms with Crippen LogP contribution in [0.5, 0.6) is 0 Å². The third-order valence-corrected chi connectivity index (χ3v) is 3.21. The zero-order valence-corrected chi connectivity index (χ0v) is 12.0. The molecule has 0 radical (unpaired) electrons. The Hall–Kier alpha value is -1.84. The highest BCUT2D eigenvalue weighted by Gasteiger charge is 2.06. The van der Waals surface area contributed by atoms with E-state index < -0.39 is 0 Å². The maximum atomic E-state index is 4.52. The van der Waals surface area contributed by atoms with E-state index in [1.165, 1.54) is 11.3 Å². The van der Waals surface area contributed by atoms with Crippen molar-refractivity contribution in [2.24, 2.45) is 0 Å². The monoisotopic (exact) mass is 258 g/mol. The molecule has 0 unspecified atom stereocenters. The fourth-order valence-electron chi connectivity index (χ4n) is 2.08. The van der Waals surface area contributed by atoms with E-state index in [9.17, 15) is 0 Å². The minimum absolute atomic E-state index is 0.852. The minimum Gasteiger partial charge on any atom is -0.383 e. The lowest BCUT2D eigenvalue weighted by atomic mass is 10.2. The van der Waals surface area contributed by atoms with Gasteiger partial charge in [0.25, 0.3) is 0 Å². The summed E-state index contributed by atoms with van der Waals surface area (Å²) in [6.45, 7) is 8.04. The first kappa shape index (κ1) is 13.6. The van der Waals surface area contributed by atoms with Gasteiger partial charge in [-0.05, 0) is 18.6 Å². The molecule has 1 aromatic heterocycles. The van der Waals surface area contributed by atoms with Gasteiger partial charge in [-0.25, -0.2) is 9.67 Å². The molecule has 0 amide bonds. The van der Waals surface area contributed by atoms with E-state index in [0.29, 0.717) is 0 Å². The van der Waals surface area contributed by atoms with Crippen LogP contribution in [-0.4, -0.2) is 21.3 Å². The first-order chi connectivity index (χ1) is 9.24. The Labute approximate surface area is 114 Å². The number of benzene rings is 1. The maximum Gasteiger partial charge on any atom is 0.150 e. The van der Waals surface area contributed by atoms with Crippen LogP contribution in [0.4, 0.5) is 5.69 Å². The van der Waals surface area contributed by atoms with Crippen molar-refractivity contribution in [2.75, 3.05) is 11.9 Å². The molecule has 1 heterocycles. The molecule has 2 aromatic rings. The van der Waals surface area contributed by atoms with Gasteiger partial charge >= 0.3 is 0 Å². The number of para-hydroxylation sites is 1. The molecule has 0 aliphatic heterocycles. The van der Waals surface area contributed by atoms with E-state index in [0.717, 1.165) is 37.6 Å². The standard InChI is InChI=1S/C15H22N4/c1-4-14-17-15(5-2)19(18-14)11-10-16-13-9-7-6-8-12(13)3/h6-9,16H,4-5,10-11H2,1-3H3. The van der Waals surface area contributed by atoms with E-state index in [1.54, 1.807) is 0 Å². The normalized spacial score (nSPS) is 10.7. The Balaban J connectivity index is 1.96. The molecule has 0 bridgehead atoms. The van der Waals surface area contributed by atoms with Crippen molar-refractivity contribution in [3.63, 3.8) is 0 Å². The predicted molar refractivity (Wildman–Crippen MR) is 78.4 cm³/mol. The molecule has 19 heavy (non-hydrogen) atoms. The fraction of sp³-hybridized carbons (Fsp3) is 0.467. The van der Waals surface area contributed by atoms with E-state index in [-0.39, 0.29) is 0 Å². The molecule has 4 heteroatoms. The summed E-state index contributed by atoms with van der Waals surface area (Å²) in [6, 6.07) is 8.33. The summed E-state index contributed by atoms with van der Waals surface area (Å²) in [7, 11) is 0. The lowest BCUT2D eigenvalue weighted by Crippen LogP contribution is -2.14. The largest absolute Gasteiger partial charge is 0.383 e. The summed E-state index contributed by atoms with van der Waals surface area (Å²) in [5.41, 5.74) is 2.46. The van der Waals surface area contributed by atoms with Gasteiger partial charge in [0.15, 0.2) is 5.82 Å². The lowest BCUT2D eigenvalue weighted by Gasteiger charge is -2.10. The lowest BCUT2D eigenvalue weighted by molar-refractivity contribution is 0.597. The van der Waals surface area contributed by atoms with Gasteiger partial charge in [-0.15, -0.1) is 0 Å². The van der Waals surface area contributed by atoms with Crippen molar-refractivity contribution in [3.05, 3.63) is 41.5 Å². The van der Waals surface area contributed by atoms with Crippen molar-refractivity contribution in [1.82, 2.24) is 14.8 Å². The van der Waals surface area contributed by atoms with Crippen LogP contribution < -0.4 is 5.32 Å². The molecular formula is C15H22N4. The topological polar surface area (TPSA) is 42.7 Å². The Morgan fingerprint density at radius 1 is 1.16 bits per heavy atom. The van der Waals surface area contributed by atoms with Crippen LogP contribution in [0.15, 0.2) is 24.3 Å². The van der Waals surface area contributed by atoms with Crippen LogP contribution in [0.3, 0.4) is 0 Å². The highest BCUT2D eigenvalue weighted by molar-refractivity contribution is 5.50. The summed E-state index contributed by atoms with van der Waals surface area (Å²) >= 11 is 0. The van der Waals surface area contributed by atoms with E-state index in [4.69, 9.17) is 0 Å². The first-order valence-corrected chi connectivity index (χ1v) is 6.96. The maximum absolute atomic E-state index is 4.52. The summed E-state index contributed by atoms with van der Waals surface area (Å²) < 4.78 is 2.02. The summed E-state index contributed by atoms with van der Waals surface area (Å²) in [6.07, 6.45) is 1.82. The molecule has 0 aliphatic carbocycles. The summed E-state index contributed by atoms with van der Waals surface area (Å²) in [5, 5.41) is 7.97. The SMILES string of the molecule is CCc1nc(CC)n(CCNc2ccccc2C)n1. The average molecular weight is 258 g/mol. The molecular weight excluding hydrogens is 236 g/mol. The van der Waals surface area contributed by atoms with Crippen LogP contribution in [0.1, 0.15) is 31.1 Å². The summed E-state index contributed by atoms with van der Waals surface area (Å²) in [5.74, 6) is 2.01. The van der Waals surface area contributed by atoms with Gasteiger partial charge in [-0.1, -0.05) is 32.0 Å². The fourth-order valence-corrected chi connectivity index (χ4v) is 2.08. The number of aryl methyl sites for hydroxylation is 3. The number of anilines is 1. The molecule has 102 valence electrons. The van der Waals surface area contributed by atoms with Gasteiger partial charge in [-0.3, -0.25) is 0 Å². The first-order valence-electron chi connectivity index (χ1n) is 6.96. The molecule has 0 aliphatic rings. The molecule has 1 N–H and O–H groups in total. The molecule has 0 fully saturated rings. The molecule has 1 aromatic carbocycles. The number of nitrogens with zero attached hydrogens (tertiary/aromatic N) is 3. The van der Waals surface area contributed by atoms with E-state index in [2.05, 4.69) is 60.4 Å². The second-order valence-electron chi connectivity index (χ2n) is 4.62. The number of rotatable bonds is 6. The third kappa shape index (κ3) is 3.34. The Bertz CT molecular complexity index is 531. The highest BCUT2D eigenvalue weighted by atomic mass is 15.3. The highest BCUT2D eigenvalue weighted by Crippen LogP contribution is 2.12. The van der Waals surface area contributed by atoms with Crippen molar-refractivity contribution in [1.29, 1.82) is 0 Å². The quantitative estimate of drug-likeness (QED) is 0.866. The number of nitrogens with one attached hydrogen (secondary N) is 1. The van der Waals surface area contributed by atoms with Crippen LogP contribution in [0, 0.1) is 6.92 Å². The number of hydrogen-bond acceptors (Lipinski definition) is 3. The Morgan fingerprint density at radius 3 is 2.63 bits per heavy atom. The van der Waals surface area contributed by atoms with Crippen molar-refractivity contribution in [3.8, 4) is 0 Å². The van der Waals surface area contributed by atoms with Crippen molar-refractivity contribution < 1.29 is 0 Å². The van der Waals surface area contributed by atoms with Crippen LogP contribution in [0.2, 0.25) is 0 Å². The van der Waals surface area contributed by atoms with Gasteiger partial charge in [0, 0.05) is 25.1 Å². The van der Waals surface area contributed by atoms with E-state index >= 15 is 0 Å². The van der Waals surface area contributed by atoms with Gasteiger partial charge < -0.3 is 5.32 Å². The molecule has 0 saturated carbocycles. The molecule has 2 rings (SSSR count). The molecule has 0 spiro atoms. The Morgan fingerprint density at radius 2 is 1.95 bits per heavy atom. The van der Waals surface area contributed by atoms with Crippen molar-refractivity contribution in [2.45, 2.75) is 40.2 Å².